The van der Waals surface area contributed by atoms with Crippen LogP contribution in [0.15, 0.2) is 60.7 Å². The highest BCUT2D eigenvalue weighted by Crippen LogP contribution is 2.48. The molecule has 0 saturated carbocycles. The fourth-order valence-corrected chi connectivity index (χ4v) is 3.95. The number of aryl methyl sites for hydroxylation is 1. The Hall–Kier alpha value is -3.76. The Morgan fingerprint density at radius 3 is 2.36 bits per heavy atom. The molecule has 28 heavy (non-hydrogen) atoms. The average molecular weight is 364 g/mol. The predicted molar refractivity (Wildman–Crippen MR) is 114 cm³/mol. The number of benzene rings is 3. The van der Waals surface area contributed by atoms with Crippen molar-refractivity contribution in [3.8, 4) is 17.2 Å². The second-order valence-electron chi connectivity index (χ2n) is 7.03. The van der Waals surface area contributed by atoms with Crippen molar-refractivity contribution in [3.05, 3.63) is 83.2 Å². The van der Waals surface area contributed by atoms with E-state index in [0.717, 1.165) is 17.1 Å². The average Bonchev–Trinajstić information content (AvgIpc) is 2.98. The predicted octanol–water partition coefficient (Wildman–Crippen LogP) is 6.02. The summed E-state index contributed by atoms with van der Waals surface area (Å²) >= 11 is 0. The molecule has 0 aliphatic carbocycles. The van der Waals surface area contributed by atoms with Crippen LogP contribution in [0.1, 0.15) is 18.1 Å². The monoisotopic (exact) mass is 364 g/mol. The number of hydrogen-bond acceptors (Lipinski definition) is 3. The molecule has 4 nitrogen and oxygen atoms in total. The van der Waals surface area contributed by atoms with Gasteiger partial charge in [0.25, 0.3) is 0 Å². The van der Waals surface area contributed by atoms with Crippen LogP contribution in [0.5, 0.6) is 0 Å². The molecule has 0 unspecified atom stereocenters. The summed E-state index contributed by atoms with van der Waals surface area (Å²) in [5.41, 5.74) is 7.30. The van der Waals surface area contributed by atoms with E-state index in [1.165, 1.54) is 16.7 Å². The molecule has 0 fully saturated rings. The number of anilines is 3. The SMILES string of the molecule is [C-]#[N+]c1ccc2c(c1C#N)N(C)[C@H](C)N2c1ccc(-c2ccccc2)cc1C. The van der Waals surface area contributed by atoms with Crippen LogP contribution in [0.2, 0.25) is 0 Å². The molecule has 136 valence electrons. The molecule has 0 N–H and O–H groups in total. The van der Waals surface area contributed by atoms with E-state index in [1.807, 2.05) is 31.3 Å². The summed E-state index contributed by atoms with van der Waals surface area (Å²) in [5.74, 6) is 0. The van der Waals surface area contributed by atoms with Gasteiger partial charge < -0.3 is 9.80 Å². The Balaban J connectivity index is 1.84. The summed E-state index contributed by atoms with van der Waals surface area (Å²) in [7, 11) is 1.98. The Labute approximate surface area is 165 Å². The number of fused-ring (bicyclic) bond motifs is 1. The van der Waals surface area contributed by atoms with Crippen molar-refractivity contribution in [3.63, 3.8) is 0 Å². The van der Waals surface area contributed by atoms with E-state index in [2.05, 4.69) is 64.9 Å². The highest BCUT2D eigenvalue weighted by atomic mass is 15.4. The zero-order valence-corrected chi connectivity index (χ0v) is 16.1. The van der Waals surface area contributed by atoms with Gasteiger partial charge in [0.1, 0.15) is 6.17 Å². The summed E-state index contributed by atoms with van der Waals surface area (Å²) in [6, 6.07) is 22.8. The van der Waals surface area contributed by atoms with Crippen molar-refractivity contribution in [1.82, 2.24) is 0 Å². The summed E-state index contributed by atoms with van der Waals surface area (Å²) in [6.45, 7) is 11.6. The molecule has 0 spiro atoms. The number of nitrogens with zero attached hydrogens (tertiary/aromatic N) is 4. The lowest BCUT2D eigenvalue weighted by Crippen LogP contribution is -2.36. The zero-order chi connectivity index (χ0) is 19.8. The standard InChI is InChI=1S/C24H20N4/c1-16-14-19(18-8-6-5-7-9-18)10-12-22(16)28-17(2)27(4)24-20(15-25)21(26-3)11-13-23(24)28/h5-14,17H,1-2,4H3/t17-/m0/s1. The Morgan fingerprint density at radius 2 is 1.71 bits per heavy atom. The van der Waals surface area contributed by atoms with Crippen molar-refractivity contribution in [2.75, 3.05) is 16.8 Å². The van der Waals surface area contributed by atoms with Gasteiger partial charge >= 0.3 is 0 Å². The lowest BCUT2D eigenvalue weighted by atomic mass is 10.0. The molecule has 1 atom stereocenters. The van der Waals surface area contributed by atoms with Gasteiger partial charge in [-0.05, 0) is 48.7 Å². The van der Waals surface area contributed by atoms with Gasteiger partial charge in [0, 0.05) is 12.7 Å². The summed E-state index contributed by atoms with van der Waals surface area (Å²) < 4.78 is 0. The highest BCUT2D eigenvalue weighted by Gasteiger charge is 2.35. The molecular weight excluding hydrogens is 344 g/mol. The quantitative estimate of drug-likeness (QED) is 0.522. The van der Waals surface area contributed by atoms with Crippen molar-refractivity contribution in [2.45, 2.75) is 20.0 Å². The first-order valence-electron chi connectivity index (χ1n) is 9.19. The van der Waals surface area contributed by atoms with Crippen LogP contribution in [-0.4, -0.2) is 13.2 Å². The molecule has 0 saturated heterocycles. The Bertz CT molecular complexity index is 1140. The summed E-state index contributed by atoms with van der Waals surface area (Å²) in [4.78, 5) is 7.84. The van der Waals surface area contributed by atoms with Gasteiger partial charge in [-0.2, -0.15) is 5.26 Å². The van der Waals surface area contributed by atoms with Crippen molar-refractivity contribution < 1.29 is 0 Å². The molecule has 1 aliphatic heterocycles. The largest absolute Gasteiger partial charge is 0.352 e. The molecule has 0 aromatic heterocycles. The van der Waals surface area contributed by atoms with Gasteiger partial charge in [0.05, 0.1) is 29.6 Å². The van der Waals surface area contributed by atoms with Crippen molar-refractivity contribution >= 4 is 22.7 Å². The van der Waals surface area contributed by atoms with E-state index in [1.54, 1.807) is 6.07 Å². The Morgan fingerprint density at radius 1 is 1.00 bits per heavy atom. The number of rotatable bonds is 2. The van der Waals surface area contributed by atoms with Crippen LogP contribution in [-0.2, 0) is 0 Å². The van der Waals surface area contributed by atoms with Crippen molar-refractivity contribution in [2.24, 2.45) is 0 Å². The van der Waals surface area contributed by atoms with Crippen molar-refractivity contribution in [1.29, 1.82) is 5.26 Å². The Kier molecular flexibility index (Phi) is 4.26. The van der Waals surface area contributed by atoms with Gasteiger partial charge in [-0.25, -0.2) is 4.85 Å². The third-order valence-corrected chi connectivity index (χ3v) is 5.48. The van der Waals surface area contributed by atoms with Gasteiger partial charge in [0.15, 0.2) is 0 Å². The third kappa shape index (κ3) is 2.59. The number of hydrogen-bond donors (Lipinski definition) is 0. The van der Waals surface area contributed by atoms with E-state index in [9.17, 15) is 5.26 Å². The van der Waals surface area contributed by atoms with Gasteiger partial charge in [-0.15, -0.1) is 0 Å². The second kappa shape index (κ2) is 6.76. The second-order valence-corrected chi connectivity index (χ2v) is 7.03. The molecule has 0 radical (unpaired) electrons. The van der Waals surface area contributed by atoms with Gasteiger partial charge in [-0.3, -0.25) is 0 Å². The lowest BCUT2D eigenvalue weighted by Gasteiger charge is -2.29. The molecule has 4 heteroatoms. The van der Waals surface area contributed by atoms with Gasteiger partial charge in [-0.1, -0.05) is 42.5 Å². The third-order valence-electron chi connectivity index (χ3n) is 5.48. The molecule has 0 bridgehead atoms. The minimum atomic E-state index is 0.0457. The highest BCUT2D eigenvalue weighted by molar-refractivity contribution is 5.92. The first-order valence-corrected chi connectivity index (χ1v) is 9.19. The van der Waals surface area contributed by atoms with E-state index in [0.29, 0.717) is 11.3 Å². The van der Waals surface area contributed by atoms with E-state index < -0.39 is 0 Å². The van der Waals surface area contributed by atoms with Crippen LogP contribution in [0.4, 0.5) is 22.7 Å². The van der Waals surface area contributed by atoms with Crippen LogP contribution < -0.4 is 9.80 Å². The van der Waals surface area contributed by atoms with E-state index in [-0.39, 0.29) is 6.17 Å². The van der Waals surface area contributed by atoms with Gasteiger partial charge in [0.2, 0.25) is 5.69 Å². The molecule has 1 heterocycles. The van der Waals surface area contributed by atoms with E-state index >= 15 is 0 Å². The molecule has 3 aromatic rings. The van der Waals surface area contributed by atoms with E-state index in [4.69, 9.17) is 6.57 Å². The minimum absolute atomic E-state index is 0.0457. The maximum atomic E-state index is 9.65. The minimum Gasteiger partial charge on any atom is -0.352 e. The maximum absolute atomic E-state index is 9.65. The molecule has 1 aliphatic rings. The fourth-order valence-electron chi connectivity index (χ4n) is 3.95. The molecule has 0 amide bonds. The summed E-state index contributed by atoms with van der Waals surface area (Å²) in [5, 5.41) is 9.65. The summed E-state index contributed by atoms with van der Waals surface area (Å²) in [6.07, 6.45) is 0.0457. The van der Waals surface area contributed by atoms with Crippen LogP contribution in [0.25, 0.3) is 16.0 Å². The maximum Gasteiger partial charge on any atom is 0.206 e. The molecular formula is C24H20N4. The smallest absolute Gasteiger partial charge is 0.206 e. The first-order chi connectivity index (χ1) is 13.6. The number of nitriles is 1. The zero-order valence-electron chi connectivity index (χ0n) is 16.1. The normalized spacial score (nSPS) is 15.1. The fraction of sp³-hybridized carbons (Fsp3) is 0.167. The topological polar surface area (TPSA) is 34.6 Å². The molecule has 4 rings (SSSR count). The first kappa shape index (κ1) is 17.6. The van der Waals surface area contributed by atoms with Crippen LogP contribution in [0, 0.1) is 24.8 Å². The molecule has 3 aromatic carbocycles. The van der Waals surface area contributed by atoms with Crippen LogP contribution in [0.3, 0.4) is 0 Å². The van der Waals surface area contributed by atoms with Crippen LogP contribution >= 0.6 is 0 Å². The lowest BCUT2D eigenvalue weighted by molar-refractivity contribution is 0.732.